The van der Waals surface area contributed by atoms with Gasteiger partial charge in [-0.15, -0.1) is 0 Å². The number of carbonyl (C=O) groups excluding carboxylic acids is 2. The van der Waals surface area contributed by atoms with E-state index in [1.54, 1.807) is 11.1 Å². The minimum atomic E-state index is -0.550. The summed E-state index contributed by atoms with van der Waals surface area (Å²) in [5, 5.41) is 3.45. The number of amides is 2. The van der Waals surface area contributed by atoms with Crippen molar-refractivity contribution in [3.8, 4) is 22.3 Å². The van der Waals surface area contributed by atoms with Crippen LogP contribution in [0.15, 0.2) is 30.5 Å². The van der Waals surface area contributed by atoms with Crippen LogP contribution in [0.4, 0.5) is 9.93 Å². The number of carbonyl (C=O) groups is 2. The minimum Gasteiger partial charge on any atom is -0.444 e. The van der Waals surface area contributed by atoms with Gasteiger partial charge >= 0.3 is 6.09 Å². The second-order valence-corrected chi connectivity index (χ2v) is 11.0. The SMILES string of the molecule is CC(C)(C)C#Cc1ccc(-c2cnc(NC(=O)[C@H]3CCN(C(=O)OC(C)(C)C)C3)s2)cc1. The Morgan fingerprint density at radius 1 is 1.16 bits per heavy atom. The van der Waals surface area contributed by atoms with Crippen molar-refractivity contribution in [1.29, 1.82) is 0 Å². The molecule has 1 aromatic carbocycles. The molecule has 0 bridgehead atoms. The Bertz CT molecular complexity index is 1030. The zero-order chi connectivity index (χ0) is 23.5. The Hall–Kier alpha value is -2.85. The molecule has 2 amide bonds. The molecule has 1 aliphatic heterocycles. The molecule has 32 heavy (non-hydrogen) atoms. The summed E-state index contributed by atoms with van der Waals surface area (Å²) in [5.41, 5.74) is 1.41. The van der Waals surface area contributed by atoms with Gasteiger partial charge in [0, 0.05) is 30.3 Å². The predicted octanol–water partition coefficient (Wildman–Crippen LogP) is 5.40. The van der Waals surface area contributed by atoms with Crippen LogP contribution in [0.1, 0.15) is 53.5 Å². The van der Waals surface area contributed by atoms with E-state index in [1.807, 2.05) is 45.0 Å². The first-order valence-electron chi connectivity index (χ1n) is 10.8. The molecule has 1 N–H and O–H groups in total. The van der Waals surface area contributed by atoms with Gasteiger partial charge in [0.05, 0.1) is 10.8 Å². The molecule has 1 atom stereocenters. The van der Waals surface area contributed by atoms with Gasteiger partial charge in [0.2, 0.25) is 5.91 Å². The third kappa shape index (κ3) is 6.83. The average Bonchev–Trinajstić information content (AvgIpc) is 3.35. The topological polar surface area (TPSA) is 71.5 Å². The quantitative estimate of drug-likeness (QED) is 0.632. The van der Waals surface area contributed by atoms with E-state index in [0.717, 1.165) is 16.0 Å². The molecular formula is C25H31N3O3S. The maximum atomic E-state index is 12.7. The lowest BCUT2D eigenvalue weighted by atomic mass is 9.97. The van der Waals surface area contributed by atoms with Gasteiger partial charge < -0.3 is 15.0 Å². The zero-order valence-electron chi connectivity index (χ0n) is 19.6. The molecule has 2 heterocycles. The van der Waals surface area contributed by atoms with Crippen molar-refractivity contribution in [3.05, 3.63) is 36.0 Å². The second kappa shape index (κ2) is 9.33. The van der Waals surface area contributed by atoms with E-state index in [1.165, 1.54) is 11.3 Å². The van der Waals surface area contributed by atoms with Crippen molar-refractivity contribution >= 4 is 28.5 Å². The monoisotopic (exact) mass is 453 g/mol. The van der Waals surface area contributed by atoms with Crippen molar-refractivity contribution < 1.29 is 14.3 Å². The highest BCUT2D eigenvalue weighted by atomic mass is 32.1. The van der Waals surface area contributed by atoms with Crippen molar-refractivity contribution in [2.75, 3.05) is 18.4 Å². The Labute approximate surface area is 194 Å². The number of aromatic nitrogens is 1. The van der Waals surface area contributed by atoms with E-state index in [4.69, 9.17) is 4.74 Å². The van der Waals surface area contributed by atoms with E-state index in [2.05, 4.69) is 42.9 Å². The summed E-state index contributed by atoms with van der Waals surface area (Å²) in [7, 11) is 0. The summed E-state index contributed by atoms with van der Waals surface area (Å²) in [6, 6.07) is 8.02. The number of rotatable bonds is 3. The average molecular weight is 454 g/mol. The highest BCUT2D eigenvalue weighted by molar-refractivity contribution is 7.19. The van der Waals surface area contributed by atoms with Crippen molar-refractivity contribution in [2.24, 2.45) is 11.3 Å². The molecule has 3 rings (SSSR count). The highest BCUT2D eigenvalue weighted by Crippen LogP contribution is 2.30. The Kier molecular flexibility index (Phi) is 6.94. The maximum absolute atomic E-state index is 12.7. The lowest BCUT2D eigenvalue weighted by molar-refractivity contribution is -0.119. The number of hydrogen-bond donors (Lipinski definition) is 1. The smallest absolute Gasteiger partial charge is 0.410 e. The van der Waals surface area contributed by atoms with Crippen LogP contribution in [-0.2, 0) is 9.53 Å². The lowest BCUT2D eigenvalue weighted by Gasteiger charge is -2.24. The van der Waals surface area contributed by atoms with E-state index < -0.39 is 5.60 Å². The number of likely N-dealkylation sites (tertiary alicyclic amines) is 1. The Balaban J connectivity index is 1.58. The van der Waals surface area contributed by atoms with Crippen molar-refractivity contribution in [3.63, 3.8) is 0 Å². The molecule has 1 aromatic heterocycles. The van der Waals surface area contributed by atoms with Crippen LogP contribution in [0.2, 0.25) is 0 Å². The molecular weight excluding hydrogens is 422 g/mol. The fraction of sp³-hybridized carbons (Fsp3) is 0.480. The molecule has 0 saturated carbocycles. The van der Waals surface area contributed by atoms with E-state index in [9.17, 15) is 9.59 Å². The predicted molar refractivity (Wildman–Crippen MR) is 128 cm³/mol. The summed E-state index contributed by atoms with van der Waals surface area (Å²) < 4.78 is 5.40. The second-order valence-electron chi connectivity index (χ2n) is 10.0. The standard InChI is InChI=1S/C25H31N3O3S/c1-24(2,3)13-11-17-7-9-18(10-8-17)20-15-26-22(32-20)27-21(29)19-12-14-28(16-19)23(30)31-25(4,5)6/h7-10,15,19H,12,14,16H2,1-6H3,(H,26,27,29)/t19-/m0/s1. The Morgan fingerprint density at radius 3 is 2.47 bits per heavy atom. The molecule has 6 nitrogen and oxygen atoms in total. The van der Waals surface area contributed by atoms with Crippen LogP contribution in [0.5, 0.6) is 0 Å². The zero-order valence-corrected chi connectivity index (χ0v) is 20.4. The van der Waals surface area contributed by atoms with E-state index in [0.29, 0.717) is 24.6 Å². The normalized spacial score (nSPS) is 16.3. The van der Waals surface area contributed by atoms with E-state index >= 15 is 0 Å². The molecule has 2 aromatic rings. The van der Waals surface area contributed by atoms with Gasteiger partial charge in [0.1, 0.15) is 5.60 Å². The summed E-state index contributed by atoms with van der Waals surface area (Å²) >= 11 is 1.43. The van der Waals surface area contributed by atoms with Gasteiger partial charge in [0.25, 0.3) is 0 Å². The van der Waals surface area contributed by atoms with Crippen LogP contribution in [0.25, 0.3) is 10.4 Å². The molecule has 1 saturated heterocycles. The molecule has 170 valence electrons. The first-order chi connectivity index (χ1) is 14.9. The maximum Gasteiger partial charge on any atom is 0.410 e. The number of thiazole rings is 1. The van der Waals surface area contributed by atoms with Crippen LogP contribution in [0.3, 0.4) is 0 Å². The van der Waals surface area contributed by atoms with Gasteiger partial charge in [-0.3, -0.25) is 4.79 Å². The summed E-state index contributed by atoms with van der Waals surface area (Å²) in [6.45, 7) is 12.6. The Morgan fingerprint density at radius 2 is 1.84 bits per heavy atom. The number of benzene rings is 1. The number of nitrogens with one attached hydrogen (secondary N) is 1. The van der Waals surface area contributed by atoms with Crippen molar-refractivity contribution in [2.45, 2.75) is 53.6 Å². The van der Waals surface area contributed by atoms with Gasteiger partial charge in [-0.2, -0.15) is 0 Å². The van der Waals surface area contributed by atoms with Crippen LogP contribution >= 0.6 is 11.3 Å². The molecule has 0 aliphatic carbocycles. The van der Waals surface area contributed by atoms with Gasteiger partial charge in [-0.05, 0) is 65.7 Å². The number of hydrogen-bond acceptors (Lipinski definition) is 5. The third-order valence-electron chi connectivity index (χ3n) is 4.70. The van der Waals surface area contributed by atoms with Gasteiger partial charge in [-0.1, -0.05) is 35.3 Å². The van der Waals surface area contributed by atoms with Gasteiger partial charge in [-0.25, -0.2) is 9.78 Å². The van der Waals surface area contributed by atoms with Crippen LogP contribution in [-0.4, -0.2) is 40.6 Å². The fourth-order valence-corrected chi connectivity index (χ4v) is 3.94. The fourth-order valence-electron chi connectivity index (χ4n) is 3.12. The third-order valence-corrected chi connectivity index (χ3v) is 5.66. The number of nitrogens with zero attached hydrogens (tertiary/aromatic N) is 2. The minimum absolute atomic E-state index is 0.0350. The van der Waals surface area contributed by atoms with Crippen molar-refractivity contribution in [1.82, 2.24) is 9.88 Å². The summed E-state index contributed by atoms with van der Waals surface area (Å²) in [5.74, 6) is 6.04. The first kappa shape index (κ1) is 23.8. The largest absolute Gasteiger partial charge is 0.444 e. The lowest BCUT2D eigenvalue weighted by Crippen LogP contribution is -2.36. The molecule has 1 fully saturated rings. The van der Waals surface area contributed by atoms with E-state index in [-0.39, 0.29) is 23.3 Å². The first-order valence-corrected chi connectivity index (χ1v) is 11.6. The summed E-state index contributed by atoms with van der Waals surface area (Å²) in [6.07, 6.45) is 2.00. The van der Waals surface area contributed by atoms with Crippen LogP contribution in [0, 0.1) is 23.2 Å². The molecule has 7 heteroatoms. The molecule has 1 aliphatic rings. The number of anilines is 1. The molecule has 0 radical (unpaired) electrons. The highest BCUT2D eigenvalue weighted by Gasteiger charge is 2.33. The molecule has 0 spiro atoms. The number of ether oxygens (including phenoxy) is 1. The van der Waals surface area contributed by atoms with Gasteiger partial charge in [0.15, 0.2) is 5.13 Å². The molecule has 0 unspecified atom stereocenters. The summed E-state index contributed by atoms with van der Waals surface area (Å²) in [4.78, 5) is 31.8. The van der Waals surface area contributed by atoms with Crippen LogP contribution < -0.4 is 5.32 Å².